The van der Waals surface area contributed by atoms with Crippen molar-refractivity contribution in [2.24, 2.45) is 0 Å². The second kappa shape index (κ2) is 4.35. The first-order chi connectivity index (χ1) is 7.27. The molecule has 15 heavy (non-hydrogen) atoms. The van der Waals surface area contributed by atoms with Gasteiger partial charge in [-0.15, -0.1) is 0 Å². The van der Waals surface area contributed by atoms with E-state index in [2.05, 4.69) is 9.97 Å². The van der Waals surface area contributed by atoms with E-state index in [1.54, 1.807) is 0 Å². The predicted octanol–water partition coefficient (Wildman–Crippen LogP) is 0.567. The SMILES string of the molecule is O=C(O)CCc1ncnc2c1CCOC2. The van der Waals surface area contributed by atoms with E-state index in [1.165, 1.54) is 6.33 Å². The third kappa shape index (κ3) is 2.30. The summed E-state index contributed by atoms with van der Waals surface area (Å²) in [5, 5.41) is 8.61. The van der Waals surface area contributed by atoms with E-state index in [-0.39, 0.29) is 6.42 Å². The predicted molar refractivity (Wildman–Crippen MR) is 51.3 cm³/mol. The maximum atomic E-state index is 10.5. The molecule has 1 aromatic heterocycles. The number of aryl methyl sites for hydroxylation is 1. The molecule has 1 aliphatic heterocycles. The highest BCUT2D eigenvalue weighted by molar-refractivity contribution is 5.67. The highest BCUT2D eigenvalue weighted by Gasteiger charge is 2.15. The fourth-order valence-electron chi connectivity index (χ4n) is 1.69. The number of carboxylic acids is 1. The van der Waals surface area contributed by atoms with Gasteiger partial charge in [-0.25, -0.2) is 9.97 Å². The number of carboxylic acid groups (broad SMARTS) is 1. The van der Waals surface area contributed by atoms with Crippen LogP contribution in [0.15, 0.2) is 6.33 Å². The highest BCUT2D eigenvalue weighted by Crippen LogP contribution is 2.17. The average Bonchev–Trinajstić information content (AvgIpc) is 2.26. The second-order valence-corrected chi connectivity index (χ2v) is 3.44. The number of hydrogen-bond donors (Lipinski definition) is 1. The lowest BCUT2D eigenvalue weighted by Crippen LogP contribution is -2.16. The Hall–Kier alpha value is -1.49. The van der Waals surface area contributed by atoms with Gasteiger partial charge in [-0.05, 0) is 12.0 Å². The number of aliphatic carboxylic acids is 1. The minimum absolute atomic E-state index is 0.115. The maximum Gasteiger partial charge on any atom is 0.303 e. The van der Waals surface area contributed by atoms with Crippen molar-refractivity contribution >= 4 is 5.97 Å². The topological polar surface area (TPSA) is 72.3 Å². The Morgan fingerprint density at radius 3 is 3.20 bits per heavy atom. The van der Waals surface area contributed by atoms with Crippen LogP contribution in [-0.2, 0) is 29.0 Å². The lowest BCUT2D eigenvalue weighted by molar-refractivity contribution is -0.136. The summed E-state index contributed by atoms with van der Waals surface area (Å²) in [7, 11) is 0. The third-order valence-corrected chi connectivity index (χ3v) is 2.43. The summed E-state index contributed by atoms with van der Waals surface area (Å²) in [5.74, 6) is -0.797. The number of nitrogens with zero attached hydrogens (tertiary/aromatic N) is 2. The first kappa shape index (κ1) is 10.0. The fourth-order valence-corrected chi connectivity index (χ4v) is 1.69. The quantitative estimate of drug-likeness (QED) is 0.786. The molecule has 0 amide bonds. The Bertz CT molecular complexity index is 379. The van der Waals surface area contributed by atoms with Crippen molar-refractivity contribution in [1.29, 1.82) is 0 Å². The summed E-state index contributed by atoms with van der Waals surface area (Å²) in [6.45, 7) is 1.18. The molecule has 2 heterocycles. The van der Waals surface area contributed by atoms with Gasteiger partial charge in [0.25, 0.3) is 0 Å². The smallest absolute Gasteiger partial charge is 0.303 e. The van der Waals surface area contributed by atoms with E-state index in [0.29, 0.717) is 19.6 Å². The van der Waals surface area contributed by atoms with Crippen LogP contribution in [0.25, 0.3) is 0 Å². The van der Waals surface area contributed by atoms with Gasteiger partial charge >= 0.3 is 5.97 Å². The molecule has 0 unspecified atom stereocenters. The van der Waals surface area contributed by atoms with Crippen molar-refractivity contribution in [1.82, 2.24) is 9.97 Å². The maximum absolute atomic E-state index is 10.5. The molecule has 0 atom stereocenters. The van der Waals surface area contributed by atoms with Crippen molar-refractivity contribution in [3.63, 3.8) is 0 Å². The minimum Gasteiger partial charge on any atom is -0.481 e. The van der Waals surface area contributed by atoms with E-state index in [1.807, 2.05) is 0 Å². The van der Waals surface area contributed by atoms with Gasteiger partial charge in [-0.1, -0.05) is 0 Å². The van der Waals surface area contributed by atoms with E-state index < -0.39 is 5.97 Å². The van der Waals surface area contributed by atoms with Gasteiger partial charge in [-0.3, -0.25) is 4.79 Å². The Labute approximate surface area is 87.1 Å². The van der Waals surface area contributed by atoms with Crippen molar-refractivity contribution in [3.8, 4) is 0 Å². The highest BCUT2D eigenvalue weighted by atomic mass is 16.5. The van der Waals surface area contributed by atoms with Crippen LogP contribution in [0.2, 0.25) is 0 Å². The summed E-state index contributed by atoms with van der Waals surface area (Å²) in [5.41, 5.74) is 2.83. The third-order valence-electron chi connectivity index (χ3n) is 2.43. The second-order valence-electron chi connectivity index (χ2n) is 3.44. The number of fused-ring (bicyclic) bond motifs is 1. The van der Waals surface area contributed by atoms with Crippen LogP contribution in [0.1, 0.15) is 23.4 Å². The molecule has 0 bridgehead atoms. The molecular weight excluding hydrogens is 196 g/mol. The van der Waals surface area contributed by atoms with Crippen LogP contribution in [0, 0.1) is 0 Å². The number of hydrogen-bond acceptors (Lipinski definition) is 4. The van der Waals surface area contributed by atoms with E-state index >= 15 is 0 Å². The molecule has 0 aliphatic carbocycles. The van der Waals surface area contributed by atoms with Crippen molar-refractivity contribution in [2.75, 3.05) is 6.61 Å². The Balaban J connectivity index is 2.19. The van der Waals surface area contributed by atoms with Crippen LogP contribution < -0.4 is 0 Å². The lowest BCUT2D eigenvalue weighted by atomic mass is 10.0. The molecular formula is C10H12N2O3. The number of aromatic nitrogens is 2. The lowest BCUT2D eigenvalue weighted by Gasteiger charge is -2.17. The van der Waals surface area contributed by atoms with Crippen LogP contribution in [-0.4, -0.2) is 27.7 Å². The molecule has 1 N–H and O–H groups in total. The largest absolute Gasteiger partial charge is 0.481 e. The molecule has 80 valence electrons. The average molecular weight is 208 g/mol. The van der Waals surface area contributed by atoms with Gasteiger partial charge in [0.1, 0.15) is 6.33 Å². The molecule has 1 aliphatic rings. The Kier molecular flexibility index (Phi) is 2.91. The van der Waals surface area contributed by atoms with Gasteiger partial charge in [-0.2, -0.15) is 0 Å². The van der Waals surface area contributed by atoms with E-state index in [0.717, 1.165) is 23.4 Å². The Morgan fingerprint density at radius 1 is 1.53 bits per heavy atom. The van der Waals surface area contributed by atoms with Crippen LogP contribution in [0.3, 0.4) is 0 Å². The van der Waals surface area contributed by atoms with Crippen LogP contribution in [0.5, 0.6) is 0 Å². The Morgan fingerprint density at radius 2 is 2.40 bits per heavy atom. The van der Waals surface area contributed by atoms with Gasteiger partial charge in [0.2, 0.25) is 0 Å². The minimum atomic E-state index is -0.797. The first-order valence-corrected chi connectivity index (χ1v) is 4.88. The zero-order chi connectivity index (χ0) is 10.7. The van der Waals surface area contributed by atoms with Crippen molar-refractivity contribution < 1.29 is 14.6 Å². The molecule has 0 radical (unpaired) electrons. The summed E-state index contributed by atoms with van der Waals surface area (Å²) in [6.07, 6.45) is 2.85. The van der Waals surface area contributed by atoms with E-state index in [4.69, 9.17) is 9.84 Å². The summed E-state index contributed by atoms with van der Waals surface area (Å²) >= 11 is 0. The monoisotopic (exact) mass is 208 g/mol. The zero-order valence-corrected chi connectivity index (χ0v) is 8.27. The molecule has 2 rings (SSSR count). The molecule has 5 nitrogen and oxygen atoms in total. The molecule has 5 heteroatoms. The standard InChI is InChI=1S/C10H12N2O3/c13-10(14)2-1-8-7-3-4-15-5-9(7)12-6-11-8/h6H,1-5H2,(H,13,14). The molecule has 0 spiro atoms. The molecule has 0 aromatic carbocycles. The normalized spacial score (nSPS) is 14.7. The van der Waals surface area contributed by atoms with Crippen LogP contribution in [0.4, 0.5) is 0 Å². The molecule has 0 saturated carbocycles. The molecule has 0 saturated heterocycles. The summed E-state index contributed by atoms with van der Waals surface area (Å²) < 4.78 is 5.27. The van der Waals surface area contributed by atoms with E-state index in [9.17, 15) is 4.79 Å². The summed E-state index contributed by atoms with van der Waals surface area (Å²) in [6, 6.07) is 0. The van der Waals surface area contributed by atoms with Gasteiger partial charge < -0.3 is 9.84 Å². The van der Waals surface area contributed by atoms with Crippen molar-refractivity contribution in [3.05, 3.63) is 23.3 Å². The van der Waals surface area contributed by atoms with Crippen molar-refractivity contribution in [2.45, 2.75) is 25.9 Å². The number of carbonyl (C=O) groups is 1. The number of rotatable bonds is 3. The summed E-state index contributed by atoms with van der Waals surface area (Å²) in [4.78, 5) is 18.7. The first-order valence-electron chi connectivity index (χ1n) is 4.88. The fraction of sp³-hybridized carbons (Fsp3) is 0.500. The molecule has 1 aromatic rings. The molecule has 0 fully saturated rings. The van der Waals surface area contributed by atoms with Gasteiger partial charge in [0.05, 0.1) is 25.3 Å². The van der Waals surface area contributed by atoms with Crippen LogP contribution >= 0.6 is 0 Å². The van der Waals surface area contributed by atoms with Gasteiger partial charge in [0, 0.05) is 12.1 Å². The van der Waals surface area contributed by atoms with Gasteiger partial charge in [0.15, 0.2) is 0 Å². The zero-order valence-electron chi connectivity index (χ0n) is 8.27. The number of ether oxygens (including phenoxy) is 1.